The minimum absolute atomic E-state index is 0.385. The predicted octanol–water partition coefficient (Wildman–Crippen LogP) is 3.02. The topological polar surface area (TPSA) is 79.5 Å². The molecule has 3 rings (SSSR count). The number of halogens is 1. The second kappa shape index (κ2) is 7.95. The highest BCUT2D eigenvalue weighted by Crippen LogP contribution is 2.21. The van der Waals surface area contributed by atoms with Crippen LogP contribution in [0.15, 0.2) is 65.8 Å². The van der Waals surface area contributed by atoms with Crippen molar-refractivity contribution < 1.29 is 9.90 Å². The molecule has 2 aromatic carbocycles. The van der Waals surface area contributed by atoms with Gasteiger partial charge in [0.15, 0.2) is 6.10 Å². The van der Waals surface area contributed by atoms with Gasteiger partial charge in [-0.1, -0.05) is 60.1 Å². The average molecular weight is 369 g/mol. The van der Waals surface area contributed by atoms with E-state index in [1.54, 1.807) is 41.9 Å². The Balaban J connectivity index is 1.73. The monoisotopic (exact) mass is 368 g/mol. The van der Waals surface area contributed by atoms with Crippen molar-refractivity contribution in [1.29, 1.82) is 0 Å². The molecule has 3 aromatic rings. The Morgan fingerprint density at radius 3 is 2.46 bits per heavy atom. The number of rotatable bonds is 5. The highest BCUT2D eigenvalue weighted by atomic mass is 35.5. The zero-order valence-electron chi connectivity index (χ0n) is 14.0. The Morgan fingerprint density at radius 2 is 1.81 bits per heavy atom. The van der Waals surface area contributed by atoms with Crippen LogP contribution in [-0.2, 0) is 4.79 Å². The number of nitrogens with zero attached hydrogens (tertiary/aromatic N) is 3. The van der Waals surface area contributed by atoms with E-state index in [1.807, 2.05) is 30.3 Å². The van der Waals surface area contributed by atoms with Crippen LogP contribution in [-0.4, -0.2) is 27.0 Å². The molecule has 132 valence electrons. The number of hydrogen-bond acceptors (Lipinski definition) is 4. The third-order valence-electron chi connectivity index (χ3n) is 3.78. The van der Waals surface area contributed by atoms with Crippen LogP contribution in [0.1, 0.15) is 22.9 Å². The maximum Gasteiger partial charge on any atom is 0.273 e. The fourth-order valence-electron chi connectivity index (χ4n) is 2.41. The van der Waals surface area contributed by atoms with E-state index in [1.165, 1.54) is 6.21 Å². The number of benzene rings is 2. The van der Waals surface area contributed by atoms with Crippen LogP contribution in [0.4, 0.5) is 0 Å². The van der Waals surface area contributed by atoms with E-state index >= 15 is 0 Å². The Bertz CT molecular complexity index is 923. The molecule has 0 radical (unpaired) electrons. The molecule has 1 heterocycles. The second-order valence-corrected chi connectivity index (χ2v) is 5.94. The second-order valence-electron chi connectivity index (χ2n) is 5.58. The van der Waals surface area contributed by atoms with E-state index in [0.717, 1.165) is 5.69 Å². The normalized spacial score (nSPS) is 12.3. The summed E-state index contributed by atoms with van der Waals surface area (Å²) in [6.07, 6.45) is 0.122. The van der Waals surface area contributed by atoms with Crippen LogP contribution < -0.4 is 5.43 Å². The Hall–Kier alpha value is -2.96. The van der Waals surface area contributed by atoms with Gasteiger partial charge in [0.25, 0.3) is 5.91 Å². The quantitative estimate of drug-likeness (QED) is 0.536. The molecular weight excluding hydrogens is 352 g/mol. The number of aromatic nitrogens is 2. The smallest absolute Gasteiger partial charge is 0.273 e. The highest BCUT2D eigenvalue weighted by Gasteiger charge is 2.17. The van der Waals surface area contributed by atoms with E-state index in [2.05, 4.69) is 15.6 Å². The van der Waals surface area contributed by atoms with Gasteiger partial charge < -0.3 is 5.11 Å². The van der Waals surface area contributed by atoms with E-state index in [9.17, 15) is 9.90 Å². The number of hydrazone groups is 1. The van der Waals surface area contributed by atoms with E-state index in [4.69, 9.17) is 11.6 Å². The van der Waals surface area contributed by atoms with Gasteiger partial charge in [0.05, 0.1) is 23.2 Å². The van der Waals surface area contributed by atoms with Crippen molar-refractivity contribution in [3.05, 3.63) is 82.6 Å². The largest absolute Gasteiger partial charge is 0.378 e. The summed E-state index contributed by atoms with van der Waals surface area (Å²) in [5, 5.41) is 18.7. The van der Waals surface area contributed by atoms with Gasteiger partial charge in [-0.15, -0.1) is 0 Å². The summed E-state index contributed by atoms with van der Waals surface area (Å²) in [6, 6.07) is 18.1. The lowest BCUT2D eigenvalue weighted by Crippen LogP contribution is -2.25. The molecule has 0 bridgehead atoms. The molecular formula is C19H17ClN4O2. The molecule has 7 heteroatoms. The molecule has 1 atom stereocenters. The van der Waals surface area contributed by atoms with Gasteiger partial charge in [0.2, 0.25) is 0 Å². The summed E-state index contributed by atoms with van der Waals surface area (Å²) in [4.78, 5) is 12.0. The first-order valence-corrected chi connectivity index (χ1v) is 8.32. The maximum absolute atomic E-state index is 12.0. The highest BCUT2D eigenvalue weighted by molar-refractivity contribution is 6.32. The summed E-state index contributed by atoms with van der Waals surface area (Å²) in [5.74, 6) is -0.628. The fourth-order valence-corrected chi connectivity index (χ4v) is 2.73. The summed E-state index contributed by atoms with van der Waals surface area (Å²) in [7, 11) is 0. The number of para-hydroxylation sites is 1. The van der Waals surface area contributed by atoms with Gasteiger partial charge in [-0.2, -0.15) is 10.2 Å². The van der Waals surface area contributed by atoms with Crippen LogP contribution >= 0.6 is 11.6 Å². The Kier molecular flexibility index (Phi) is 5.46. The van der Waals surface area contributed by atoms with Crippen molar-refractivity contribution in [3.8, 4) is 5.69 Å². The predicted molar refractivity (Wildman–Crippen MR) is 100 cm³/mol. The Morgan fingerprint density at radius 1 is 1.19 bits per heavy atom. The van der Waals surface area contributed by atoms with Crippen molar-refractivity contribution in [1.82, 2.24) is 15.2 Å². The van der Waals surface area contributed by atoms with E-state index < -0.39 is 12.0 Å². The third kappa shape index (κ3) is 3.82. The fraction of sp³-hybridized carbons (Fsp3) is 0.105. The van der Waals surface area contributed by atoms with Crippen molar-refractivity contribution in [2.75, 3.05) is 0 Å². The van der Waals surface area contributed by atoms with Gasteiger partial charge in [0.1, 0.15) is 5.15 Å². The molecule has 0 unspecified atom stereocenters. The first-order valence-electron chi connectivity index (χ1n) is 7.94. The summed E-state index contributed by atoms with van der Waals surface area (Å²) < 4.78 is 1.60. The first-order chi connectivity index (χ1) is 12.6. The standard InChI is InChI=1S/C19H17ClN4O2/c1-13-16(18(20)24(23-13)15-10-6-3-7-11-15)12-21-22-19(26)17(25)14-8-4-2-5-9-14/h2-12,17,25H,1H3,(H,22,26)/t17-/m0/s1. The number of carbonyl (C=O) groups excluding carboxylic acids is 1. The molecule has 2 N–H and O–H groups in total. The molecule has 0 aliphatic rings. The van der Waals surface area contributed by atoms with Crippen LogP contribution in [0.25, 0.3) is 5.69 Å². The molecule has 0 aliphatic heterocycles. The SMILES string of the molecule is Cc1nn(-c2ccccc2)c(Cl)c1C=NNC(=O)[C@@H](O)c1ccccc1. The van der Waals surface area contributed by atoms with Crippen LogP contribution in [0.3, 0.4) is 0 Å². The molecule has 0 spiro atoms. The Labute approximate surface area is 155 Å². The lowest BCUT2D eigenvalue weighted by Gasteiger charge is -2.08. The van der Waals surface area contributed by atoms with E-state index in [-0.39, 0.29) is 0 Å². The number of aliphatic hydroxyl groups is 1. The van der Waals surface area contributed by atoms with Crippen molar-refractivity contribution >= 4 is 23.7 Å². The zero-order valence-corrected chi connectivity index (χ0v) is 14.8. The molecule has 0 saturated heterocycles. The van der Waals surface area contributed by atoms with Gasteiger partial charge in [-0.25, -0.2) is 10.1 Å². The number of hydrogen-bond donors (Lipinski definition) is 2. The molecule has 6 nitrogen and oxygen atoms in total. The van der Waals surface area contributed by atoms with Gasteiger partial charge in [-0.05, 0) is 24.6 Å². The van der Waals surface area contributed by atoms with Crippen LogP contribution in [0.5, 0.6) is 0 Å². The van der Waals surface area contributed by atoms with Gasteiger partial charge in [-0.3, -0.25) is 4.79 Å². The minimum Gasteiger partial charge on any atom is -0.378 e. The van der Waals surface area contributed by atoms with Gasteiger partial charge >= 0.3 is 0 Å². The van der Waals surface area contributed by atoms with Crippen molar-refractivity contribution in [2.24, 2.45) is 5.10 Å². The van der Waals surface area contributed by atoms with Crippen molar-refractivity contribution in [3.63, 3.8) is 0 Å². The molecule has 1 amide bonds. The summed E-state index contributed by atoms with van der Waals surface area (Å²) >= 11 is 6.39. The molecule has 0 saturated carbocycles. The molecule has 0 aliphatic carbocycles. The van der Waals surface area contributed by atoms with Crippen LogP contribution in [0.2, 0.25) is 5.15 Å². The number of nitrogens with one attached hydrogen (secondary N) is 1. The molecule has 0 fully saturated rings. The number of carbonyl (C=O) groups is 1. The first kappa shape index (κ1) is 17.8. The average Bonchev–Trinajstić information content (AvgIpc) is 2.97. The van der Waals surface area contributed by atoms with Crippen molar-refractivity contribution in [2.45, 2.75) is 13.0 Å². The minimum atomic E-state index is -1.29. The molecule has 26 heavy (non-hydrogen) atoms. The lowest BCUT2D eigenvalue weighted by atomic mass is 10.1. The summed E-state index contributed by atoms with van der Waals surface area (Å²) in [6.45, 7) is 1.80. The van der Waals surface area contributed by atoms with Crippen LogP contribution in [0, 0.1) is 6.92 Å². The number of aliphatic hydroxyl groups excluding tert-OH is 1. The molecule has 1 aromatic heterocycles. The van der Waals surface area contributed by atoms with E-state index in [0.29, 0.717) is 22.0 Å². The maximum atomic E-state index is 12.0. The number of aryl methyl sites for hydroxylation is 1. The van der Waals surface area contributed by atoms with Gasteiger partial charge in [0, 0.05) is 0 Å². The zero-order chi connectivity index (χ0) is 18.5. The summed E-state index contributed by atoms with van der Waals surface area (Å²) in [5.41, 5.74) is 4.89. The third-order valence-corrected chi connectivity index (χ3v) is 4.14. The lowest BCUT2D eigenvalue weighted by molar-refractivity contribution is -0.129. The number of amides is 1.